The van der Waals surface area contributed by atoms with Crippen molar-refractivity contribution in [3.8, 4) is 16.8 Å². The van der Waals surface area contributed by atoms with E-state index in [0.717, 1.165) is 6.20 Å². The van der Waals surface area contributed by atoms with Crippen LogP contribution in [0.4, 0.5) is 19.3 Å². The maximum absolute atomic E-state index is 16.2. The Bertz CT molecular complexity index is 1650. The predicted molar refractivity (Wildman–Crippen MR) is 142 cm³/mol. The van der Waals surface area contributed by atoms with Gasteiger partial charge < -0.3 is 14.7 Å². The summed E-state index contributed by atoms with van der Waals surface area (Å²) in [5, 5.41) is 19.0. The fourth-order valence-corrected chi connectivity index (χ4v) is 7.42. The largest absolute Gasteiger partial charge is 0.363 e. The van der Waals surface area contributed by atoms with Gasteiger partial charge in [-0.15, -0.1) is 10.2 Å². The van der Waals surface area contributed by atoms with E-state index < -0.39 is 38.4 Å². The standard InChI is InChI=1S/C24H27F2N9O3S2/c1-32(2)22(36)34-9-7-33(8-10-34)18-17(26)16(40(37,38)31-24(13-25)5-6-24)12-35-15(11-28-19(18)35)20-29-30-21(39-20)23(14-27)3-4-23/h11-12,31H,3-10,13H2,1-2H3. The van der Waals surface area contributed by atoms with E-state index in [9.17, 15) is 22.9 Å². The second-order valence-corrected chi connectivity index (χ2v) is 13.4. The highest BCUT2D eigenvalue weighted by molar-refractivity contribution is 7.89. The van der Waals surface area contributed by atoms with Crippen molar-refractivity contribution in [3.05, 3.63) is 23.2 Å². The highest BCUT2D eigenvalue weighted by atomic mass is 32.2. The maximum atomic E-state index is 16.2. The van der Waals surface area contributed by atoms with Crippen molar-refractivity contribution in [2.75, 3.05) is 51.8 Å². The number of piperazine rings is 1. The van der Waals surface area contributed by atoms with E-state index in [1.165, 1.54) is 26.8 Å². The second-order valence-electron chi connectivity index (χ2n) is 10.8. The molecule has 3 aromatic rings. The molecule has 12 nitrogen and oxygen atoms in total. The van der Waals surface area contributed by atoms with Crippen LogP contribution >= 0.6 is 11.3 Å². The van der Waals surface area contributed by atoms with Crippen LogP contribution in [0.3, 0.4) is 0 Å². The molecule has 3 fully saturated rings. The SMILES string of the molecule is CN(C)C(=O)N1CCN(c2c(F)c(S(=O)(=O)NC3(CF)CC3)cn3c(-c4nnc(C5(C#N)CC5)s4)cnc23)CC1. The first-order chi connectivity index (χ1) is 19.0. The van der Waals surface area contributed by atoms with Gasteiger partial charge in [0.15, 0.2) is 16.5 Å². The van der Waals surface area contributed by atoms with Crippen LogP contribution in [0.1, 0.15) is 30.7 Å². The number of amides is 2. The van der Waals surface area contributed by atoms with Gasteiger partial charge in [0.1, 0.15) is 33.4 Å². The van der Waals surface area contributed by atoms with Crippen LogP contribution in [0.2, 0.25) is 0 Å². The highest BCUT2D eigenvalue weighted by Crippen LogP contribution is 2.49. The Labute approximate surface area is 233 Å². The van der Waals surface area contributed by atoms with E-state index in [-0.39, 0.29) is 30.5 Å². The molecule has 16 heteroatoms. The summed E-state index contributed by atoms with van der Waals surface area (Å²) in [7, 11) is -1.16. The van der Waals surface area contributed by atoms with Gasteiger partial charge in [-0.25, -0.2) is 31.7 Å². The van der Waals surface area contributed by atoms with Crippen molar-refractivity contribution < 1.29 is 22.0 Å². The molecule has 3 aliphatic rings. The number of hydrogen-bond donors (Lipinski definition) is 1. The van der Waals surface area contributed by atoms with E-state index in [1.54, 1.807) is 23.9 Å². The van der Waals surface area contributed by atoms with Crippen molar-refractivity contribution in [2.45, 2.75) is 41.5 Å². The Morgan fingerprint density at radius 1 is 1.20 bits per heavy atom. The normalized spacial score (nSPS) is 19.5. The Balaban J connectivity index is 1.45. The van der Waals surface area contributed by atoms with Gasteiger partial charge in [-0.05, 0) is 25.7 Å². The molecule has 0 spiro atoms. The minimum atomic E-state index is -4.46. The van der Waals surface area contributed by atoms with Gasteiger partial charge in [0, 0.05) is 46.5 Å². The van der Waals surface area contributed by atoms with Gasteiger partial charge in [-0.2, -0.15) is 5.26 Å². The zero-order valence-electron chi connectivity index (χ0n) is 21.9. The fraction of sp³-hybridized carbons (Fsp3) is 0.542. The summed E-state index contributed by atoms with van der Waals surface area (Å²) in [6, 6.07) is 2.11. The zero-order valence-corrected chi connectivity index (χ0v) is 23.5. The monoisotopic (exact) mass is 591 g/mol. The number of nitrogens with zero attached hydrogens (tertiary/aromatic N) is 8. The zero-order chi connectivity index (χ0) is 28.4. The first-order valence-corrected chi connectivity index (χ1v) is 15.1. The van der Waals surface area contributed by atoms with Gasteiger partial charge in [-0.1, -0.05) is 11.3 Å². The number of pyridine rings is 1. The number of urea groups is 1. The number of anilines is 1. The molecule has 2 aliphatic carbocycles. The summed E-state index contributed by atoms with van der Waals surface area (Å²) in [6.07, 6.45) is 4.63. The number of alkyl halides is 1. The van der Waals surface area contributed by atoms with Crippen LogP contribution in [0.15, 0.2) is 17.3 Å². The van der Waals surface area contributed by atoms with E-state index in [0.29, 0.717) is 54.5 Å². The summed E-state index contributed by atoms with van der Waals surface area (Å²) in [5.74, 6) is -1.00. The highest BCUT2D eigenvalue weighted by Gasteiger charge is 2.49. The van der Waals surface area contributed by atoms with Crippen LogP contribution in [-0.4, -0.2) is 96.3 Å². The molecule has 3 aromatic heterocycles. The summed E-state index contributed by atoms with van der Waals surface area (Å²) in [5.41, 5.74) is -1.35. The van der Waals surface area contributed by atoms with Crippen LogP contribution < -0.4 is 9.62 Å². The molecule has 4 heterocycles. The third kappa shape index (κ3) is 4.36. The molecular weight excluding hydrogens is 564 g/mol. The van der Waals surface area contributed by atoms with Crippen LogP contribution in [-0.2, 0) is 15.4 Å². The number of halogens is 2. The number of aromatic nitrogens is 4. The number of carbonyl (C=O) groups is 1. The first kappa shape index (κ1) is 26.8. The number of nitriles is 1. The maximum Gasteiger partial charge on any atom is 0.319 e. The van der Waals surface area contributed by atoms with E-state index >= 15 is 4.39 Å². The average Bonchev–Trinajstić information content (AvgIpc) is 3.80. The van der Waals surface area contributed by atoms with Gasteiger partial charge in [0.25, 0.3) is 0 Å². The first-order valence-electron chi connectivity index (χ1n) is 12.8. The van der Waals surface area contributed by atoms with Crippen LogP contribution in [0.5, 0.6) is 0 Å². The van der Waals surface area contributed by atoms with Gasteiger partial charge in [0.05, 0.1) is 17.8 Å². The lowest BCUT2D eigenvalue weighted by Crippen LogP contribution is -2.51. The molecule has 1 saturated heterocycles. The van der Waals surface area contributed by atoms with E-state index in [2.05, 4.69) is 26.0 Å². The number of nitrogens with one attached hydrogen (secondary N) is 1. The van der Waals surface area contributed by atoms with Crippen molar-refractivity contribution >= 4 is 38.7 Å². The summed E-state index contributed by atoms with van der Waals surface area (Å²) < 4.78 is 60.5. The Morgan fingerprint density at radius 2 is 1.90 bits per heavy atom. The van der Waals surface area contributed by atoms with Crippen molar-refractivity contribution in [2.24, 2.45) is 0 Å². The Morgan fingerprint density at radius 3 is 2.48 bits per heavy atom. The number of fused-ring (bicyclic) bond motifs is 1. The lowest BCUT2D eigenvalue weighted by atomic mass is 10.1. The molecular formula is C24H27F2N9O3S2. The van der Waals surface area contributed by atoms with Crippen LogP contribution in [0, 0.1) is 17.1 Å². The fourth-order valence-electron chi connectivity index (χ4n) is 4.86. The number of rotatable bonds is 7. The third-order valence-electron chi connectivity index (χ3n) is 7.70. The predicted octanol–water partition coefficient (Wildman–Crippen LogP) is 2.13. The number of hydrogen-bond acceptors (Lipinski definition) is 9. The minimum absolute atomic E-state index is 0.0309. The van der Waals surface area contributed by atoms with Crippen molar-refractivity contribution in [1.82, 2.24) is 34.1 Å². The number of sulfonamides is 1. The smallest absolute Gasteiger partial charge is 0.319 e. The molecule has 0 aromatic carbocycles. The summed E-state index contributed by atoms with van der Waals surface area (Å²) in [4.78, 5) is 21.0. The average molecular weight is 592 g/mol. The quantitative estimate of drug-likeness (QED) is 0.441. The lowest BCUT2D eigenvalue weighted by molar-refractivity contribution is 0.168. The molecule has 1 N–H and O–H groups in total. The summed E-state index contributed by atoms with van der Waals surface area (Å²) in [6.45, 7) is 0.189. The van der Waals surface area contributed by atoms with Gasteiger partial charge >= 0.3 is 6.03 Å². The molecule has 212 valence electrons. The molecule has 6 rings (SSSR count). The second kappa shape index (κ2) is 9.32. The van der Waals surface area contributed by atoms with E-state index in [1.807, 2.05) is 0 Å². The minimum Gasteiger partial charge on any atom is -0.363 e. The third-order valence-corrected chi connectivity index (χ3v) is 10.4. The molecule has 2 saturated carbocycles. The van der Waals surface area contributed by atoms with Gasteiger partial charge in [-0.3, -0.25) is 4.40 Å². The van der Waals surface area contributed by atoms with Crippen molar-refractivity contribution in [3.63, 3.8) is 0 Å². The molecule has 0 radical (unpaired) electrons. The molecule has 0 atom stereocenters. The number of carbonyl (C=O) groups excluding carboxylic acids is 1. The van der Waals surface area contributed by atoms with E-state index in [4.69, 9.17) is 0 Å². The van der Waals surface area contributed by atoms with Gasteiger partial charge in [0.2, 0.25) is 10.0 Å². The molecule has 1 aliphatic heterocycles. The lowest BCUT2D eigenvalue weighted by Gasteiger charge is -2.37. The topological polar surface area (TPSA) is 140 Å². The summed E-state index contributed by atoms with van der Waals surface area (Å²) >= 11 is 1.21. The molecule has 0 unspecified atom stereocenters. The van der Waals surface area contributed by atoms with Crippen molar-refractivity contribution in [1.29, 1.82) is 5.26 Å². The Kier molecular flexibility index (Phi) is 6.24. The molecule has 40 heavy (non-hydrogen) atoms. The number of imidazole rings is 1. The molecule has 0 bridgehead atoms. The molecule has 2 amide bonds. The van der Waals surface area contributed by atoms with Crippen LogP contribution in [0.25, 0.3) is 16.3 Å². The Hall–Kier alpha value is -3.42.